The molecule has 9 N–H and O–H groups in total. The number of hydrogen-bond acceptors (Lipinski definition) is 12. The van der Waals surface area contributed by atoms with Crippen molar-refractivity contribution >= 4 is 41.7 Å². The molecule has 4 aliphatic carbocycles. The van der Waals surface area contributed by atoms with Crippen LogP contribution in [0.15, 0.2) is 0 Å². The minimum atomic E-state index is -1.26. The molecule has 4 fully saturated rings. The van der Waals surface area contributed by atoms with Crippen molar-refractivity contribution in [2.75, 3.05) is 65.4 Å². The van der Waals surface area contributed by atoms with Gasteiger partial charge in [0.1, 0.15) is 0 Å². The van der Waals surface area contributed by atoms with Crippen molar-refractivity contribution in [3.63, 3.8) is 0 Å². The van der Waals surface area contributed by atoms with Crippen molar-refractivity contribution in [1.29, 1.82) is 0 Å². The minimum absolute atomic E-state index is 0. The molecule has 2 amide bonds. The molecule has 0 aromatic heterocycles. The molecule has 0 aliphatic heterocycles. The Balaban J connectivity index is 0.00000961. The standard InChI is InChI=1S/C40H65N5O14.Gd/c1-23(4-7-33(50)51)26-5-6-27-38-28(16-30(47)40(26,27)3)39(2)9-8-25(14-24(39)15-29(38)46)42-31(48)17-41-32(49)18-44(20-35(54)55)12-10-43(19-34(52)53)11-13-45(21-36(56)57)22-37(58)59;/h23-30,38,46-47H,4-22H2,1-3H3,(H,41,49)(H,42,48)(H,50,51)(H,52,53)(H,54,55)(H,56,57)(H,58,59);/q;+3/t23-,24+,25+,26-,27?,28?,29-,30+,38?,39+,40-;/m1./s1. The topological polar surface area (TPSA) is 295 Å². The third kappa shape index (κ3) is 13.5. The summed E-state index contributed by atoms with van der Waals surface area (Å²) in [6, 6.07) is -0.198. The number of carbonyl (C=O) groups is 7. The third-order valence-electron chi connectivity index (χ3n) is 14.4. The van der Waals surface area contributed by atoms with Gasteiger partial charge in [0, 0.05) is 38.6 Å². The molecule has 20 heteroatoms. The SMILES string of the molecule is C[C@H](CCC(=O)O)[C@H]1CCC2C3C(C[C@H](O)[C@@]21C)[C@@]1(C)CC[C@H](NC(=O)CNC(=O)CN(CCN(CCN(CC(=O)O)CC(=O)O)CC(=O)O)CC(=O)O)C[C@H]1C[C@H]3O.[Gd+3]. The number of carboxylic acids is 5. The first kappa shape index (κ1) is 51.8. The average Bonchev–Trinajstić information content (AvgIpc) is 3.49. The van der Waals surface area contributed by atoms with Crippen molar-refractivity contribution in [3.05, 3.63) is 0 Å². The molecule has 4 rings (SSSR count). The largest absolute Gasteiger partial charge is 3.00 e. The van der Waals surface area contributed by atoms with Crippen molar-refractivity contribution in [3.8, 4) is 0 Å². The maximum Gasteiger partial charge on any atom is 3.00 e. The molecular weight excluding hydrogens is 932 g/mol. The third-order valence-corrected chi connectivity index (χ3v) is 14.4. The minimum Gasteiger partial charge on any atom is -0.481 e. The fraction of sp³-hybridized carbons (Fsp3) is 0.825. The van der Waals surface area contributed by atoms with Crippen molar-refractivity contribution in [1.82, 2.24) is 25.3 Å². The molecule has 0 heterocycles. The number of fused-ring (bicyclic) bond motifs is 5. The summed E-state index contributed by atoms with van der Waals surface area (Å²) >= 11 is 0. The van der Waals surface area contributed by atoms with Crippen LogP contribution in [-0.2, 0) is 33.6 Å². The molecule has 19 nitrogen and oxygen atoms in total. The Bertz CT molecular complexity index is 1540. The zero-order chi connectivity index (χ0) is 43.8. The van der Waals surface area contributed by atoms with Crippen LogP contribution in [0.4, 0.5) is 0 Å². The van der Waals surface area contributed by atoms with Crippen molar-refractivity contribution in [2.45, 2.75) is 96.8 Å². The molecule has 0 spiro atoms. The van der Waals surface area contributed by atoms with Gasteiger partial charge in [0.15, 0.2) is 0 Å². The molecule has 0 aromatic carbocycles. The molecule has 4 saturated carbocycles. The fourth-order valence-corrected chi connectivity index (χ4v) is 11.6. The summed E-state index contributed by atoms with van der Waals surface area (Å²) in [5, 5.41) is 75.4. The van der Waals surface area contributed by atoms with Gasteiger partial charge in [-0.25, -0.2) is 0 Å². The number of aliphatic hydroxyl groups is 2. The van der Waals surface area contributed by atoms with Crippen LogP contribution in [0, 0.1) is 86.3 Å². The Kier molecular flexibility index (Phi) is 19.6. The van der Waals surface area contributed by atoms with E-state index in [0.717, 1.165) is 24.2 Å². The number of nitrogens with zero attached hydrogens (tertiary/aromatic N) is 3. The molecule has 4 aliphatic rings. The van der Waals surface area contributed by atoms with E-state index in [0.29, 0.717) is 32.1 Å². The second-order valence-electron chi connectivity index (χ2n) is 18.1. The fourth-order valence-electron chi connectivity index (χ4n) is 11.6. The summed E-state index contributed by atoms with van der Waals surface area (Å²) in [5.74, 6) is -6.20. The first-order valence-corrected chi connectivity index (χ1v) is 20.8. The van der Waals surface area contributed by atoms with Gasteiger partial charge in [-0.15, -0.1) is 0 Å². The average molecular weight is 997 g/mol. The Morgan fingerprint density at radius 3 is 1.75 bits per heavy atom. The van der Waals surface area contributed by atoms with Crippen LogP contribution in [0.25, 0.3) is 0 Å². The molecule has 0 aromatic rings. The molecule has 0 saturated heterocycles. The molecule has 3 unspecified atom stereocenters. The van der Waals surface area contributed by atoms with Crippen LogP contribution >= 0.6 is 0 Å². The Morgan fingerprint density at radius 1 is 0.667 bits per heavy atom. The van der Waals surface area contributed by atoms with Crippen LogP contribution in [0.5, 0.6) is 0 Å². The Hall–Kier alpha value is -2.59. The van der Waals surface area contributed by atoms with Crippen LogP contribution < -0.4 is 10.6 Å². The van der Waals surface area contributed by atoms with Gasteiger partial charge in [-0.3, -0.25) is 48.3 Å². The number of aliphatic carboxylic acids is 5. The van der Waals surface area contributed by atoms with Gasteiger partial charge in [-0.1, -0.05) is 20.8 Å². The number of aliphatic hydroxyl groups excluding tert-OH is 2. The zero-order valence-corrected chi connectivity index (χ0v) is 37.1. The summed E-state index contributed by atoms with van der Waals surface area (Å²) in [4.78, 5) is 86.4. The number of rotatable bonds is 23. The number of amides is 2. The molecule has 339 valence electrons. The van der Waals surface area contributed by atoms with Gasteiger partial charge in [-0.2, -0.15) is 0 Å². The predicted molar refractivity (Wildman–Crippen MR) is 209 cm³/mol. The zero-order valence-electron chi connectivity index (χ0n) is 34.8. The van der Waals surface area contributed by atoms with Crippen LogP contribution in [0.1, 0.15) is 78.6 Å². The predicted octanol–water partition coefficient (Wildman–Crippen LogP) is -0.0668. The summed E-state index contributed by atoms with van der Waals surface area (Å²) in [5.41, 5.74) is -0.555. The van der Waals surface area contributed by atoms with Crippen LogP contribution in [0.3, 0.4) is 0 Å². The summed E-state index contributed by atoms with van der Waals surface area (Å²) in [6.45, 7) is 3.25. The van der Waals surface area contributed by atoms with E-state index in [9.17, 15) is 59.1 Å². The first-order chi connectivity index (χ1) is 27.6. The Morgan fingerprint density at radius 2 is 1.20 bits per heavy atom. The second-order valence-corrected chi connectivity index (χ2v) is 18.1. The van der Waals surface area contributed by atoms with Gasteiger partial charge in [0.25, 0.3) is 0 Å². The Labute approximate surface area is 382 Å². The summed E-state index contributed by atoms with van der Waals surface area (Å²) in [6.07, 6.45) is 4.56. The quantitative estimate of drug-likeness (QED) is 0.0648. The van der Waals surface area contributed by atoms with Crippen molar-refractivity contribution in [2.24, 2.45) is 46.3 Å². The molecule has 1 radical (unpaired) electrons. The van der Waals surface area contributed by atoms with E-state index in [1.807, 2.05) is 0 Å². The molecule has 60 heavy (non-hydrogen) atoms. The van der Waals surface area contributed by atoms with Gasteiger partial charge in [0.2, 0.25) is 11.8 Å². The van der Waals surface area contributed by atoms with Crippen LogP contribution in [-0.4, -0.2) is 176 Å². The monoisotopic (exact) mass is 997 g/mol. The van der Waals surface area contributed by atoms with Gasteiger partial charge in [0.05, 0.1) is 51.5 Å². The van der Waals surface area contributed by atoms with Gasteiger partial charge in [-0.05, 0) is 97.7 Å². The normalized spacial score (nSPS) is 31.3. The molecular formula is C40H65GdN5O14+3. The number of carboxylic acid groups (broad SMARTS) is 5. The number of hydrogen-bond donors (Lipinski definition) is 9. The van der Waals surface area contributed by atoms with E-state index in [1.54, 1.807) is 0 Å². The van der Waals surface area contributed by atoms with E-state index in [1.165, 1.54) is 9.80 Å². The van der Waals surface area contributed by atoms with Crippen LogP contribution in [0.2, 0.25) is 0 Å². The van der Waals surface area contributed by atoms with Gasteiger partial charge >= 0.3 is 69.8 Å². The summed E-state index contributed by atoms with van der Waals surface area (Å²) in [7, 11) is 0. The van der Waals surface area contributed by atoms with Gasteiger partial charge < -0.3 is 46.4 Å². The van der Waals surface area contributed by atoms with E-state index >= 15 is 0 Å². The van der Waals surface area contributed by atoms with E-state index in [4.69, 9.17) is 10.2 Å². The maximum absolute atomic E-state index is 13.1. The number of nitrogens with one attached hydrogen (secondary N) is 2. The first-order valence-electron chi connectivity index (χ1n) is 20.8. The second kappa shape index (κ2) is 22.7. The number of carbonyl (C=O) groups excluding carboxylic acids is 2. The molecule has 0 bridgehead atoms. The van der Waals surface area contributed by atoms with E-state index in [-0.39, 0.29) is 126 Å². The maximum atomic E-state index is 13.1. The summed E-state index contributed by atoms with van der Waals surface area (Å²) < 4.78 is 0. The van der Waals surface area contributed by atoms with E-state index < -0.39 is 92.0 Å². The molecule has 11 atom stereocenters. The van der Waals surface area contributed by atoms with Crippen molar-refractivity contribution < 1.29 is 109 Å². The van der Waals surface area contributed by atoms with E-state index in [2.05, 4.69) is 31.4 Å². The smallest absolute Gasteiger partial charge is 0.481 e.